The zero-order chi connectivity index (χ0) is 12.7. The van der Waals surface area contributed by atoms with Crippen LogP contribution in [0.2, 0.25) is 0 Å². The maximum atomic E-state index is 5.68. The normalized spacial score (nSPS) is 16.9. The predicted molar refractivity (Wildman–Crippen MR) is 72.8 cm³/mol. The van der Waals surface area contributed by atoms with Crippen LogP contribution in [-0.4, -0.2) is 54.7 Å². The number of ether oxygens (including phenoxy) is 2. The Kier molecular flexibility index (Phi) is 7.71. The van der Waals surface area contributed by atoms with Crippen molar-refractivity contribution in [3.05, 3.63) is 10.9 Å². The Labute approximate surface area is 103 Å². The van der Waals surface area contributed by atoms with E-state index in [1.165, 1.54) is 10.9 Å². The molecular weight excluding hydrogens is 218 g/mol. The fraction of sp³-hybridized carbons (Fsp3) is 0.833. The number of nitrogens with zero attached hydrogens (tertiary/aromatic N) is 1. The molecular formula is C12H27NO2Si. The number of rotatable bonds is 7. The first kappa shape index (κ1) is 15.7. The van der Waals surface area contributed by atoms with Crippen LogP contribution >= 0.6 is 0 Å². The molecule has 0 aromatic heterocycles. The molecule has 3 nitrogen and oxygen atoms in total. The molecule has 0 aliphatic heterocycles. The smallest absolute Gasteiger partial charge is 0.0939 e. The molecule has 0 saturated carbocycles. The lowest BCUT2D eigenvalue weighted by atomic mass is 10.2. The minimum Gasteiger partial charge on any atom is -0.379 e. The summed E-state index contributed by atoms with van der Waals surface area (Å²) in [5.41, 5.74) is 1.27. The maximum Gasteiger partial charge on any atom is 0.0939 e. The van der Waals surface area contributed by atoms with E-state index in [0.29, 0.717) is 0 Å². The summed E-state index contributed by atoms with van der Waals surface area (Å²) in [6.45, 7) is 9.80. The monoisotopic (exact) mass is 245 g/mol. The van der Waals surface area contributed by atoms with Crippen molar-refractivity contribution in [3.8, 4) is 0 Å². The van der Waals surface area contributed by atoms with E-state index in [0.717, 1.165) is 23.5 Å². The van der Waals surface area contributed by atoms with Crippen molar-refractivity contribution >= 4 is 10.2 Å². The molecule has 2 unspecified atom stereocenters. The van der Waals surface area contributed by atoms with Crippen molar-refractivity contribution in [2.24, 2.45) is 0 Å². The van der Waals surface area contributed by atoms with Gasteiger partial charge in [-0.3, -0.25) is 0 Å². The fourth-order valence-corrected chi connectivity index (χ4v) is 2.97. The van der Waals surface area contributed by atoms with E-state index >= 15 is 0 Å². The number of hydrogen-bond acceptors (Lipinski definition) is 3. The molecule has 0 saturated heterocycles. The van der Waals surface area contributed by atoms with E-state index < -0.39 is 0 Å². The Hall–Kier alpha value is -0.323. The Morgan fingerprint density at radius 3 is 1.88 bits per heavy atom. The van der Waals surface area contributed by atoms with Crippen LogP contribution in [0.5, 0.6) is 0 Å². The molecule has 16 heavy (non-hydrogen) atoms. The molecule has 2 atom stereocenters. The molecule has 0 aromatic rings. The van der Waals surface area contributed by atoms with Gasteiger partial charge in [0.15, 0.2) is 0 Å². The van der Waals surface area contributed by atoms with Crippen LogP contribution < -0.4 is 0 Å². The van der Waals surface area contributed by atoms with Gasteiger partial charge in [0.05, 0.1) is 12.2 Å². The molecule has 0 aliphatic carbocycles. The molecule has 0 heterocycles. The van der Waals surface area contributed by atoms with Gasteiger partial charge in [-0.2, -0.15) is 0 Å². The summed E-state index contributed by atoms with van der Waals surface area (Å²) >= 11 is 0. The molecule has 96 valence electrons. The van der Waals surface area contributed by atoms with Crippen molar-refractivity contribution < 1.29 is 9.47 Å². The second kappa shape index (κ2) is 7.87. The zero-order valence-electron chi connectivity index (χ0n) is 11.8. The third kappa shape index (κ3) is 4.68. The average molecular weight is 245 g/mol. The van der Waals surface area contributed by atoms with Gasteiger partial charge in [-0.15, -0.1) is 0 Å². The van der Waals surface area contributed by atoms with Crippen LogP contribution in [0.3, 0.4) is 0 Å². The molecule has 4 heteroatoms. The molecule has 0 bridgehead atoms. The van der Waals surface area contributed by atoms with Crippen LogP contribution in [0, 0.1) is 0 Å². The van der Waals surface area contributed by atoms with Gasteiger partial charge in [-0.05, 0) is 32.9 Å². The second-order valence-corrected chi connectivity index (χ2v) is 5.24. The Morgan fingerprint density at radius 2 is 1.50 bits per heavy atom. The number of likely N-dealkylation sites (N-methyl/N-ethyl adjacent to an activating group) is 1. The van der Waals surface area contributed by atoms with E-state index in [1.54, 1.807) is 0 Å². The predicted octanol–water partition coefficient (Wildman–Crippen LogP) is 0.975. The zero-order valence-corrected chi connectivity index (χ0v) is 13.8. The van der Waals surface area contributed by atoms with E-state index in [1.807, 2.05) is 13.8 Å². The Morgan fingerprint density at radius 1 is 1.06 bits per heavy atom. The summed E-state index contributed by atoms with van der Waals surface area (Å²) in [7, 11) is 5.15. The van der Waals surface area contributed by atoms with Gasteiger partial charge in [0.25, 0.3) is 0 Å². The highest BCUT2D eigenvalue weighted by Gasteiger charge is 2.17. The summed E-state index contributed by atoms with van der Waals surface area (Å²) in [6, 6.07) is 0. The molecule has 0 amide bonds. The molecule has 0 radical (unpaired) electrons. The highest BCUT2D eigenvalue weighted by molar-refractivity contribution is 6.22. The van der Waals surface area contributed by atoms with Gasteiger partial charge in [-0.1, -0.05) is 0 Å². The van der Waals surface area contributed by atoms with Gasteiger partial charge in [0.1, 0.15) is 0 Å². The summed E-state index contributed by atoms with van der Waals surface area (Å²) < 4.78 is 11.3. The maximum absolute atomic E-state index is 5.68. The van der Waals surface area contributed by atoms with Crippen molar-refractivity contribution in [2.45, 2.75) is 39.9 Å². The van der Waals surface area contributed by atoms with E-state index in [2.05, 4.69) is 32.8 Å². The van der Waals surface area contributed by atoms with Crippen molar-refractivity contribution in [1.29, 1.82) is 0 Å². The first-order valence-electron chi connectivity index (χ1n) is 6.06. The second-order valence-electron chi connectivity index (χ2n) is 4.16. The van der Waals surface area contributed by atoms with Crippen LogP contribution in [0.1, 0.15) is 27.7 Å². The third-order valence-corrected chi connectivity index (χ3v) is 4.04. The molecule has 0 spiro atoms. The largest absolute Gasteiger partial charge is 0.379 e. The molecule has 0 aliphatic rings. The average Bonchev–Trinajstić information content (AvgIpc) is 2.17. The van der Waals surface area contributed by atoms with Crippen LogP contribution in [-0.2, 0) is 9.47 Å². The lowest BCUT2D eigenvalue weighted by Crippen LogP contribution is -2.29. The molecule has 0 aromatic carbocycles. The fourth-order valence-electron chi connectivity index (χ4n) is 1.95. The van der Waals surface area contributed by atoms with Crippen molar-refractivity contribution in [1.82, 2.24) is 4.90 Å². The minimum atomic E-state index is 0.149. The van der Waals surface area contributed by atoms with Crippen molar-refractivity contribution in [3.63, 3.8) is 0 Å². The summed E-state index contributed by atoms with van der Waals surface area (Å²) in [5.74, 6) is 0. The number of hydrogen-bond donors (Lipinski definition) is 0. The van der Waals surface area contributed by atoms with Crippen LogP contribution in [0.15, 0.2) is 10.9 Å². The first-order chi connectivity index (χ1) is 7.45. The highest BCUT2D eigenvalue weighted by atomic mass is 28.1. The molecule has 0 fully saturated rings. The molecule has 0 N–H and O–H groups in total. The lowest BCUT2D eigenvalue weighted by molar-refractivity contribution is 0.0751. The summed E-state index contributed by atoms with van der Waals surface area (Å²) in [4.78, 5) is 2.15. The summed E-state index contributed by atoms with van der Waals surface area (Å²) in [6.07, 6.45) is 0.354. The SMILES string of the molecule is CCOC(C)C([SiH3])=C(C(C)OCC)N(C)C. The van der Waals surface area contributed by atoms with Crippen LogP contribution in [0.25, 0.3) is 0 Å². The van der Waals surface area contributed by atoms with E-state index in [4.69, 9.17) is 9.47 Å². The van der Waals surface area contributed by atoms with Gasteiger partial charge in [-0.25, -0.2) is 0 Å². The Balaban J connectivity index is 4.91. The van der Waals surface area contributed by atoms with Gasteiger partial charge in [0.2, 0.25) is 0 Å². The lowest BCUT2D eigenvalue weighted by Gasteiger charge is -2.28. The highest BCUT2D eigenvalue weighted by Crippen LogP contribution is 2.17. The quantitative estimate of drug-likeness (QED) is 0.624. The van der Waals surface area contributed by atoms with Gasteiger partial charge < -0.3 is 14.4 Å². The van der Waals surface area contributed by atoms with Gasteiger partial charge in [0, 0.05) is 43.2 Å². The Bertz CT molecular complexity index is 229. The standard InChI is InChI=1S/C12H27NO2Si/c1-7-14-9(3)11(13(5)6)12(16)10(4)15-8-2/h9-10H,7-8H2,1-6,16H3. The summed E-state index contributed by atoms with van der Waals surface area (Å²) in [5, 5.41) is 1.38. The van der Waals surface area contributed by atoms with Gasteiger partial charge >= 0.3 is 0 Å². The minimum absolute atomic E-state index is 0.149. The van der Waals surface area contributed by atoms with Crippen molar-refractivity contribution in [2.75, 3.05) is 27.3 Å². The van der Waals surface area contributed by atoms with E-state index in [-0.39, 0.29) is 12.2 Å². The van der Waals surface area contributed by atoms with E-state index in [9.17, 15) is 0 Å². The third-order valence-electron chi connectivity index (χ3n) is 2.71. The molecule has 0 rings (SSSR count). The topological polar surface area (TPSA) is 21.7 Å². The van der Waals surface area contributed by atoms with Crippen LogP contribution in [0.4, 0.5) is 0 Å². The first-order valence-corrected chi connectivity index (χ1v) is 7.06.